The molecule has 0 amide bonds. The van der Waals surface area contributed by atoms with Crippen molar-refractivity contribution in [1.29, 1.82) is 0 Å². The molecule has 0 aliphatic heterocycles. The van der Waals surface area contributed by atoms with Crippen molar-refractivity contribution in [2.45, 2.75) is 24.7 Å². The summed E-state index contributed by atoms with van der Waals surface area (Å²) in [7, 11) is 0. The molecule has 1 aromatic rings. The Morgan fingerprint density at radius 1 is 1.33 bits per heavy atom. The topological polar surface area (TPSA) is 17.1 Å². The third kappa shape index (κ3) is 2.63. The highest BCUT2D eigenvalue weighted by molar-refractivity contribution is 7.99. The minimum absolute atomic E-state index is 0.287. The lowest BCUT2D eigenvalue weighted by Gasteiger charge is -2.12. The highest BCUT2D eigenvalue weighted by Crippen LogP contribution is 2.32. The van der Waals surface area contributed by atoms with Crippen molar-refractivity contribution in [3.05, 3.63) is 30.3 Å². The third-order valence-electron chi connectivity index (χ3n) is 3.12. The number of benzene rings is 1. The first-order valence-corrected chi connectivity index (χ1v) is 6.46. The van der Waals surface area contributed by atoms with Gasteiger partial charge in [0.25, 0.3) is 0 Å². The highest BCUT2D eigenvalue weighted by atomic mass is 32.2. The smallest absolute Gasteiger partial charge is 0.137 e. The molecule has 1 nitrogen and oxygen atoms in total. The van der Waals surface area contributed by atoms with E-state index >= 15 is 0 Å². The second kappa shape index (κ2) is 4.84. The second-order valence-corrected chi connectivity index (χ2v) is 5.31. The molecule has 0 saturated heterocycles. The Bertz CT molecular complexity index is 334. The van der Waals surface area contributed by atoms with Crippen LogP contribution in [0.1, 0.15) is 19.8 Å². The van der Waals surface area contributed by atoms with Crippen LogP contribution in [0.4, 0.5) is 0 Å². The maximum Gasteiger partial charge on any atom is 0.137 e. The molecule has 1 saturated carbocycles. The van der Waals surface area contributed by atoms with Crippen molar-refractivity contribution < 1.29 is 4.79 Å². The normalized spacial score (nSPS) is 25.8. The molecule has 0 bridgehead atoms. The van der Waals surface area contributed by atoms with Gasteiger partial charge in [0, 0.05) is 23.0 Å². The van der Waals surface area contributed by atoms with Crippen LogP contribution in [-0.2, 0) is 4.79 Å². The van der Waals surface area contributed by atoms with Crippen LogP contribution in [0.5, 0.6) is 0 Å². The van der Waals surface area contributed by atoms with Gasteiger partial charge in [-0.3, -0.25) is 4.79 Å². The first-order valence-electron chi connectivity index (χ1n) is 5.48. The van der Waals surface area contributed by atoms with E-state index in [4.69, 9.17) is 0 Å². The standard InChI is InChI=1S/C13H16OS/c1-10-7-8-13(14)12(10)9-15-11-5-3-2-4-6-11/h2-6,10,12H,7-9H2,1H3/t10-,12+/m0/s1. The van der Waals surface area contributed by atoms with Gasteiger partial charge in [-0.05, 0) is 24.5 Å². The molecular weight excluding hydrogens is 204 g/mol. The summed E-state index contributed by atoms with van der Waals surface area (Å²) in [5, 5.41) is 0. The van der Waals surface area contributed by atoms with Gasteiger partial charge >= 0.3 is 0 Å². The Labute approximate surface area is 95.3 Å². The van der Waals surface area contributed by atoms with Crippen LogP contribution >= 0.6 is 11.8 Å². The largest absolute Gasteiger partial charge is 0.299 e. The van der Waals surface area contributed by atoms with Crippen molar-refractivity contribution in [2.24, 2.45) is 11.8 Å². The Morgan fingerprint density at radius 2 is 2.07 bits per heavy atom. The summed E-state index contributed by atoms with van der Waals surface area (Å²) in [6, 6.07) is 10.3. The fraction of sp³-hybridized carbons (Fsp3) is 0.462. The number of thioether (sulfide) groups is 1. The summed E-state index contributed by atoms with van der Waals surface area (Å²) in [5.74, 6) is 2.28. The van der Waals surface area contributed by atoms with E-state index in [0.717, 1.165) is 18.6 Å². The molecule has 0 spiro atoms. The number of carbonyl (C=O) groups is 1. The van der Waals surface area contributed by atoms with Crippen molar-refractivity contribution in [3.8, 4) is 0 Å². The molecule has 2 atom stereocenters. The van der Waals surface area contributed by atoms with E-state index in [0.29, 0.717) is 11.7 Å². The van der Waals surface area contributed by atoms with Gasteiger partial charge in [0.1, 0.15) is 5.78 Å². The van der Waals surface area contributed by atoms with Crippen molar-refractivity contribution in [3.63, 3.8) is 0 Å². The van der Waals surface area contributed by atoms with Crippen LogP contribution in [0.25, 0.3) is 0 Å². The maximum absolute atomic E-state index is 11.6. The molecule has 0 unspecified atom stereocenters. The first-order chi connectivity index (χ1) is 7.27. The molecule has 0 N–H and O–H groups in total. The third-order valence-corrected chi connectivity index (χ3v) is 4.25. The monoisotopic (exact) mass is 220 g/mol. The molecule has 2 rings (SSSR count). The molecule has 1 aromatic carbocycles. The van der Waals surface area contributed by atoms with Gasteiger partial charge < -0.3 is 0 Å². The fourth-order valence-electron chi connectivity index (χ4n) is 2.03. The van der Waals surface area contributed by atoms with Gasteiger partial charge in [0.2, 0.25) is 0 Å². The Morgan fingerprint density at radius 3 is 2.67 bits per heavy atom. The molecular formula is C13H16OS. The van der Waals surface area contributed by atoms with E-state index in [1.54, 1.807) is 11.8 Å². The predicted molar refractivity (Wildman–Crippen MR) is 64.1 cm³/mol. The molecule has 1 fully saturated rings. The molecule has 0 aromatic heterocycles. The van der Waals surface area contributed by atoms with Gasteiger partial charge in [0.15, 0.2) is 0 Å². The van der Waals surface area contributed by atoms with Gasteiger partial charge in [-0.1, -0.05) is 25.1 Å². The SMILES string of the molecule is C[C@H]1CCC(=O)[C@@H]1CSc1ccccc1. The van der Waals surface area contributed by atoms with E-state index in [9.17, 15) is 4.79 Å². The van der Waals surface area contributed by atoms with E-state index in [-0.39, 0.29) is 5.92 Å². The lowest BCUT2D eigenvalue weighted by molar-refractivity contribution is -0.120. The zero-order chi connectivity index (χ0) is 10.7. The summed E-state index contributed by atoms with van der Waals surface area (Å²) in [6.07, 6.45) is 1.88. The van der Waals surface area contributed by atoms with Crippen LogP contribution in [0.3, 0.4) is 0 Å². The highest BCUT2D eigenvalue weighted by Gasteiger charge is 2.31. The quantitative estimate of drug-likeness (QED) is 0.726. The number of Topliss-reactive ketones (excluding diaryl/α,β-unsaturated/α-hetero) is 1. The van der Waals surface area contributed by atoms with E-state index < -0.39 is 0 Å². The van der Waals surface area contributed by atoms with Gasteiger partial charge in [-0.15, -0.1) is 11.8 Å². The molecule has 1 aliphatic rings. The van der Waals surface area contributed by atoms with E-state index in [1.165, 1.54) is 4.90 Å². The molecule has 80 valence electrons. The fourth-order valence-corrected chi connectivity index (χ4v) is 3.27. The summed E-state index contributed by atoms with van der Waals surface area (Å²) in [5.41, 5.74) is 0. The molecule has 2 heteroatoms. The lowest BCUT2D eigenvalue weighted by atomic mass is 10.0. The summed E-state index contributed by atoms with van der Waals surface area (Å²) in [6.45, 7) is 2.20. The summed E-state index contributed by atoms with van der Waals surface area (Å²) >= 11 is 1.80. The number of hydrogen-bond acceptors (Lipinski definition) is 2. The summed E-state index contributed by atoms with van der Waals surface area (Å²) in [4.78, 5) is 12.9. The minimum Gasteiger partial charge on any atom is -0.299 e. The number of rotatable bonds is 3. The second-order valence-electron chi connectivity index (χ2n) is 4.21. The van der Waals surface area contributed by atoms with Crippen LogP contribution in [-0.4, -0.2) is 11.5 Å². The predicted octanol–water partition coefficient (Wildman–Crippen LogP) is 3.39. The van der Waals surface area contributed by atoms with Gasteiger partial charge in [-0.25, -0.2) is 0 Å². The number of ketones is 1. The Hall–Kier alpha value is -0.760. The van der Waals surface area contributed by atoms with Gasteiger partial charge in [-0.2, -0.15) is 0 Å². The van der Waals surface area contributed by atoms with Crippen LogP contribution in [0, 0.1) is 11.8 Å². The molecule has 15 heavy (non-hydrogen) atoms. The maximum atomic E-state index is 11.6. The van der Waals surface area contributed by atoms with Crippen LogP contribution < -0.4 is 0 Å². The minimum atomic E-state index is 0.287. The average Bonchev–Trinajstić information content (AvgIpc) is 2.58. The molecule has 0 radical (unpaired) electrons. The first kappa shape index (κ1) is 10.7. The molecule has 0 heterocycles. The van der Waals surface area contributed by atoms with E-state index in [1.807, 2.05) is 18.2 Å². The average molecular weight is 220 g/mol. The Kier molecular flexibility index (Phi) is 3.47. The van der Waals surface area contributed by atoms with Crippen LogP contribution in [0.2, 0.25) is 0 Å². The lowest BCUT2D eigenvalue weighted by Crippen LogP contribution is -2.15. The number of carbonyl (C=O) groups excluding carboxylic acids is 1. The zero-order valence-corrected chi connectivity index (χ0v) is 9.80. The Balaban J connectivity index is 1.91. The van der Waals surface area contributed by atoms with Crippen molar-refractivity contribution >= 4 is 17.5 Å². The van der Waals surface area contributed by atoms with Crippen molar-refractivity contribution in [2.75, 3.05) is 5.75 Å². The molecule has 1 aliphatic carbocycles. The van der Waals surface area contributed by atoms with E-state index in [2.05, 4.69) is 19.1 Å². The van der Waals surface area contributed by atoms with Gasteiger partial charge in [0.05, 0.1) is 0 Å². The van der Waals surface area contributed by atoms with Crippen LogP contribution in [0.15, 0.2) is 35.2 Å². The number of hydrogen-bond donors (Lipinski definition) is 0. The zero-order valence-electron chi connectivity index (χ0n) is 8.98. The van der Waals surface area contributed by atoms with Crippen molar-refractivity contribution in [1.82, 2.24) is 0 Å². The summed E-state index contributed by atoms with van der Waals surface area (Å²) < 4.78 is 0.